The average molecular weight is 384 g/mol. The number of nitrogens with one attached hydrogen (secondary N) is 1. The molecule has 0 fully saturated rings. The highest BCUT2D eigenvalue weighted by molar-refractivity contribution is 8.00. The molecule has 0 saturated carbocycles. The van der Waals surface area contributed by atoms with Crippen LogP contribution >= 0.6 is 23.1 Å². The number of anilines is 1. The minimum Gasteiger partial charge on any atom is -0.467 e. The normalized spacial score (nSPS) is 11.0. The molecule has 4 aromatic rings. The summed E-state index contributed by atoms with van der Waals surface area (Å²) in [7, 11) is 0. The number of aromatic nitrogens is 3. The first-order chi connectivity index (χ1) is 12.8. The van der Waals surface area contributed by atoms with Crippen molar-refractivity contribution in [1.29, 1.82) is 0 Å². The van der Waals surface area contributed by atoms with Crippen LogP contribution in [0.15, 0.2) is 62.1 Å². The van der Waals surface area contributed by atoms with Gasteiger partial charge in [-0.05, 0) is 31.2 Å². The molecular formula is C18H16N4O2S2. The van der Waals surface area contributed by atoms with E-state index >= 15 is 0 Å². The van der Waals surface area contributed by atoms with E-state index in [0.29, 0.717) is 18.2 Å². The lowest BCUT2D eigenvalue weighted by atomic mass is 10.1. The molecule has 0 aliphatic carbocycles. The second-order valence-electron chi connectivity index (χ2n) is 5.60. The van der Waals surface area contributed by atoms with Crippen LogP contribution in [-0.2, 0) is 12.3 Å². The summed E-state index contributed by atoms with van der Waals surface area (Å²) in [5.74, 6) is 2.18. The van der Waals surface area contributed by atoms with E-state index in [1.165, 1.54) is 16.9 Å². The first-order valence-corrected chi connectivity index (χ1v) is 9.80. The molecule has 3 aromatic heterocycles. The van der Waals surface area contributed by atoms with E-state index in [4.69, 9.17) is 8.83 Å². The molecule has 132 valence electrons. The van der Waals surface area contributed by atoms with E-state index in [-0.39, 0.29) is 0 Å². The minimum atomic E-state index is 0.593. The van der Waals surface area contributed by atoms with E-state index in [1.54, 1.807) is 24.3 Å². The third-order valence-electron chi connectivity index (χ3n) is 3.59. The van der Waals surface area contributed by atoms with E-state index in [9.17, 15) is 0 Å². The van der Waals surface area contributed by atoms with Gasteiger partial charge >= 0.3 is 0 Å². The number of hydrogen-bond acceptors (Lipinski definition) is 8. The van der Waals surface area contributed by atoms with E-state index in [0.717, 1.165) is 26.5 Å². The standard InChI is InChI=1S/C18H16N4O2S2/c1-12-4-6-13(7-5-12)16-20-14(10-24-16)11-25-18-22-21-17(26-18)19-9-15-3-2-8-23-15/h2-8,10H,9,11H2,1H3,(H,19,21). The number of oxazole rings is 1. The molecule has 1 aromatic carbocycles. The summed E-state index contributed by atoms with van der Waals surface area (Å²) in [4.78, 5) is 4.54. The van der Waals surface area contributed by atoms with Gasteiger partial charge in [0.1, 0.15) is 12.0 Å². The lowest BCUT2D eigenvalue weighted by molar-refractivity contribution is 0.518. The van der Waals surface area contributed by atoms with Crippen molar-refractivity contribution in [2.75, 3.05) is 5.32 Å². The van der Waals surface area contributed by atoms with Gasteiger partial charge in [-0.3, -0.25) is 0 Å². The smallest absolute Gasteiger partial charge is 0.226 e. The molecule has 8 heteroatoms. The molecule has 0 spiro atoms. The highest BCUT2D eigenvalue weighted by Crippen LogP contribution is 2.29. The predicted molar refractivity (Wildman–Crippen MR) is 102 cm³/mol. The largest absolute Gasteiger partial charge is 0.467 e. The Morgan fingerprint density at radius 2 is 2.00 bits per heavy atom. The van der Waals surface area contributed by atoms with Crippen LogP contribution in [0.5, 0.6) is 0 Å². The minimum absolute atomic E-state index is 0.593. The van der Waals surface area contributed by atoms with Crippen molar-refractivity contribution < 1.29 is 8.83 Å². The third kappa shape index (κ3) is 4.14. The summed E-state index contributed by atoms with van der Waals surface area (Å²) in [6, 6.07) is 11.9. The molecule has 0 unspecified atom stereocenters. The van der Waals surface area contributed by atoms with Gasteiger partial charge in [0.2, 0.25) is 11.0 Å². The van der Waals surface area contributed by atoms with E-state index in [2.05, 4.69) is 27.4 Å². The monoisotopic (exact) mass is 384 g/mol. The molecule has 0 radical (unpaired) electrons. The van der Waals surface area contributed by atoms with Crippen molar-refractivity contribution in [1.82, 2.24) is 15.2 Å². The Kier molecular flexibility index (Phi) is 5.03. The van der Waals surface area contributed by atoms with Crippen LogP contribution in [0.25, 0.3) is 11.5 Å². The Bertz CT molecular complexity index is 961. The number of furan rings is 1. The van der Waals surface area contributed by atoms with Crippen LogP contribution < -0.4 is 5.32 Å². The number of nitrogens with zero attached hydrogens (tertiary/aromatic N) is 3. The topological polar surface area (TPSA) is 77.0 Å². The molecule has 4 rings (SSSR count). The molecule has 0 amide bonds. The fourth-order valence-electron chi connectivity index (χ4n) is 2.25. The van der Waals surface area contributed by atoms with E-state index in [1.807, 2.05) is 36.4 Å². The summed E-state index contributed by atoms with van der Waals surface area (Å²) < 4.78 is 11.7. The fourth-order valence-corrected chi connectivity index (χ4v) is 3.88. The van der Waals surface area contributed by atoms with Gasteiger partial charge in [0.15, 0.2) is 4.34 Å². The van der Waals surface area contributed by atoms with Crippen LogP contribution in [0.4, 0.5) is 5.13 Å². The summed E-state index contributed by atoms with van der Waals surface area (Å²) in [5.41, 5.74) is 3.07. The van der Waals surface area contributed by atoms with Gasteiger partial charge in [0.25, 0.3) is 0 Å². The molecule has 6 nitrogen and oxygen atoms in total. The van der Waals surface area contributed by atoms with Crippen molar-refractivity contribution in [3.05, 3.63) is 65.9 Å². The van der Waals surface area contributed by atoms with Gasteiger partial charge in [0.05, 0.1) is 18.5 Å². The Morgan fingerprint density at radius 1 is 1.12 bits per heavy atom. The van der Waals surface area contributed by atoms with Crippen LogP contribution in [0, 0.1) is 6.92 Å². The van der Waals surface area contributed by atoms with Crippen molar-refractivity contribution in [3.8, 4) is 11.5 Å². The fraction of sp³-hybridized carbons (Fsp3) is 0.167. The molecule has 3 heterocycles. The number of hydrogen-bond donors (Lipinski definition) is 1. The van der Waals surface area contributed by atoms with Gasteiger partial charge in [0, 0.05) is 11.3 Å². The van der Waals surface area contributed by atoms with Crippen molar-refractivity contribution in [3.63, 3.8) is 0 Å². The lowest BCUT2D eigenvalue weighted by Gasteiger charge is -1.97. The highest BCUT2D eigenvalue weighted by atomic mass is 32.2. The van der Waals surface area contributed by atoms with Gasteiger partial charge in [-0.2, -0.15) is 0 Å². The van der Waals surface area contributed by atoms with Gasteiger partial charge in [-0.15, -0.1) is 10.2 Å². The summed E-state index contributed by atoms with van der Waals surface area (Å²) in [5, 5.41) is 12.3. The zero-order chi connectivity index (χ0) is 17.8. The first kappa shape index (κ1) is 16.9. The van der Waals surface area contributed by atoms with Crippen LogP contribution in [0.1, 0.15) is 17.0 Å². The maximum atomic E-state index is 5.58. The summed E-state index contributed by atoms with van der Waals surface area (Å²) in [6.07, 6.45) is 3.35. The van der Waals surface area contributed by atoms with Crippen molar-refractivity contribution in [2.24, 2.45) is 0 Å². The van der Waals surface area contributed by atoms with Gasteiger partial charge < -0.3 is 14.2 Å². The Labute approximate surface area is 158 Å². The molecule has 0 saturated heterocycles. The van der Waals surface area contributed by atoms with Gasteiger partial charge in [-0.25, -0.2) is 4.98 Å². The zero-order valence-corrected chi connectivity index (χ0v) is 15.6. The van der Waals surface area contributed by atoms with Gasteiger partial charge in [-0.1, -0.05) is 40.8 Å². The lowest BCUT2D eigenvalue weighted by Crippen LogP contribution is -1.96. The molecule has 26 heavy (non-hydrogen) atoms. The Hall–Kier alpha value is -2.58. The van der Waals surface area contributed by atoms with Crippen LogP contribution in [0.2, 0.25) is 0 Å². The van der Waals surface area contributed by atoms with E-state index < -0.39 is 0 Å². The predicted octanol–water partition coefficient (Wildman–Crippen LogP) is 5.00. The molecule has 0 atom stereocenters. The highest BCUT2D eigenvalue weighted by Gasteiger charge is 2.10. The zero-order valence-electron chi connectivity index (χ0n) is 14.0. The molecular weight excluding hydrogens is 368 g/mol. The number of benzene rings is 1. The average Bonchev–Trinajstić information content (AvgIpc) is 3.40. The number of rotatable bonds is 7. The second kappa shape index (κ2) is 7.76. The number of aryl methyl sites for hydroxylation is 1. The van der Waals surface area contributed by atoms with Crippen LogP contribution in [-0.4, -0.2) is 15.2 Å². The molecule has 1 N–H and O–H groups in total. The SMILES string of the molecule is Cc1ccc(-c2nc(CSc3nnc(NCc4ccco4)s3)co2)cc1. The van der Waals surface area contributed by atoms with Crippen LogP contribution in [0.3, 0.4) is 0 Å². The maximum Gasteiger partial charge on any atom is 0.226 e. The molecule has 0 bridgehead atoms. The third-order valence-corrected chi connectivity index (χ3v) is 5.64. The second-order valence-corrected chi connectivity index (χ2v) is 7.80. The number of thioether (sulfide) groups is 1. The quantitative estimate of drug-likeness (QED) is 0.449. The maximum absolute atomic E-state index is 5.58. The molecule has 0 aliphatic rings. The molecule has 0 aliphatic heterocycles. The summed E-state index contributed by atoms with van der Waals surface area (Å²) in [6.45, 7) is 2.65. The first-order valence-electron chi connectivity index (χ1n) is 8.00. The van der Waals surface area contributed by atoms with Crippen molar-refractivity contribution >= 4 is 28.2 Å². The Morgan fingerprint density at radius 3 is 2.81 bits per heavy atom. The Balaban J connectivity index is 1.32. The van der Waals surface area contributed by atoms with Crippen molar-refractivity contribution in [2.45, 2.75) is 23.6 Å². The summed E-state index contributed by atoms with van der Waals surface area (Å²) >= 11 is 3.10.